The second kappa shape index (κ2) is 4.65. The summed E-state index contributed by atoms with van der Waals surface area (Å²) >= 11 is 0. The molecule has 0 spiro atoms. The lowest BCUT2D eigenvalue weighted by Crippen LogP contribution is -2.20. The number of aromatic nitrogens is 2. The van der Waals surface area contributed by atoms with Gasteiger partial charge in [0.15, 0.2) is 5.82 Å². The summed E-state index contributed by atoms with van der Waals surface area (Å²) in [6, 6.07) is 0. The minimum atomic E-state index is 0.0318. The Morgan fingerprint density at radius 2 is 2.22 bits per heavy atom. The Morgan fingerprint density at radius 1 is 1.39 bits per heavy atom. The maximum Gasteiger partial charge on any atom is 0.234 e. The lowest BCUT2D eigenvalue weighted by molar-refractivity contribution is 0.295. The van der Waals surface area contributed by atoms with Gasteiger partial charge in [-0.2, -0.15) is 4.98 Å². The second-order valence-corrected chi connectivity index (χ2v) is 6.08. The van der Waals surface area contributed by atoms with Gasteiger partial charge in [-0.15, -0.1) is 0 Å². The summed E-state index contributed by atoms with van der Waals surface area (Å²) in [7, 11) is 0. The van der Waals surface area contributed by atoms with Crippen molar-refractivity contribution in [3.05, 3.63) is 11.7 Å². The van der Waals surface area contributed by atoms with Gasteiger partial charge in [0.25, 0.3) is 0 Å². The first-order chi connectivity index (χ1) is 8.77. The second-order valence-electron chi connectivity index (χ2n) is 6.08. The monoisotopic (exact) mass is 249 g/mol. The average molecular weight is 249 g/mol. The molecule has 4 nitrogen and oxygen atoms in total. The quantitative estimate of drug-likeness (QED) is 0.891. The highest BCUT2D eigenvalue weighted by molar-refractivity contribution is 5.17. The van der Waals surface area contributed by atoms with Crippen LogP contribution in [0.2, 0.25) is 0 Å². The highest BCUT2D eigenvalue weighted by Gasteiger charge is 2.48. The molecule has 2 aliphatic rings. The number of hydrogen-bond donors (Lipinski definition) is 1. The SMILES string of the molecule is CCC1CCCC(c2noc(C3(CN)CC3)n2)C1. The summed E-state index contributed by atoms with van der Waals surface area (Å²) in [6.45, 7) is 2.92. The first kappa shape index (κ1) is 12.2. The average Bonchev–Trinajstić information content (AvgIpc) is 3.08. The molecule has 3 rings (SSSR count). The van der Waals surface area contributed by atoms with E-state index >= 15 is 0 Å². The summed E-state index contributed by atoms with van der Waals surface area (Å²) in [5.74, 6) is 3.08. The van der Waals surface area contributed by atoms with E-state index in [1.165, 1.54) is 32.1 Å². The number of nitrogens with zero attached hydrogens (tertiary/aromatic N) is 2. The van der Waals surface area contributed by atoms with Crippen molar-refractivity contribution in [3.8, 4) is 0 Å². The molecule has 2 N–H and O–H groups in total. The molecule has 2 saturated carbocycles. The van der Waals surface area contributed by atoms with Gasteiger partial charge in [-0.25, -0.2) is 0 Å². The van der Waals surface area contributed by atoms with Gasteiger partial charge in [0.05, 0.1) is 5.41 Å². The molecule has 0 bridgehead atoms. The Labute approximate surface area is 108 Å². The minimum Gasteiger partial charge on any atom is -0.339 e. The van der Waals surface area contributed by atoms with Crippen LogP contribution < -0.4 is 5.73 Å². The summed E-state index contributed by atoms with van der Waals surface area (Å²) < 4.78 is 5.46. The molecule has 1 aromatic heterocycles. The van der Waals surface area contributed by atoms with Crippen LogP contribution in [0.3, 0.4) is 0 Å². The van der Waals surface area contributed by atoms with Gasteiger partial charge in [0, 0.05) is 12.5 Å². The van der Waals surface area contributed by atoms with Gasteiger partial charge in [0.2, 0.25) is 5.89 Å². The predicted molar refractivity (Wildman–Crippen MR) is 69.3 cm³/mol. The Balaban J connectivity index is 1.73. The van der Waals surface area contributed by atoms with Crippen molar-refractivity contribution in [1.29, 1.82) is 0 Å². The van der Waals surface area contributed by atoms with Gasteiger partial charge >= 0.3 is 0 Å². The lowest BCUT2D eigenvalue weighted by atomic mass is 9.80. The summed E-state index contributed by atoms with van der Waals surface area (Å²) in [6.07, 6.45) is 8.59. The largest absolute Gasteiger partial charge is 0.339 e. The molecule has 2 unspecified atom stereocenters. The molecule has 4 heteroatoms. The zero-order valence-electron chi connectivity index (χ0n) is 11.2. The highest BCUT2D eigenvalue weighted by Crippen LogP contribution is 2.47. The molecule has 0 aromatic carbocycles. The molecular formula is C14H23N3O. The molecule has 2 fully saturated rings. The molecule has 0 saturated heterocycles. The molecular weight excluding hydrogens is 226 g/mol. The Hall–Kier alpha value is -0.900. The molecule has 0 amide bonds. The molecule has 18 heavy (non-hydrogen) atoms. The van der Waals surface area contributed by atoms with E-state index in [-0.39, 0.29) is 5.41 Å². The fraction of sp³-hybridized carbons (Fsp3) is 0.857. The molecule has 100 valence electrons. The molecule has 2 aliphatic carbocycles. The van der Waals surface area contributed by atoms with E-state index in [0.29, 0.717) is 12.5 Å². The predicted octanol–water partition coefficient (Wildman–Crippen LogP) is 2.74. The van der Waals surface area contributed by atoms with Crippen molar-refractivity contribution in [2.45, 2.75) is 63.2 Å². The van der Waals surface area contributed by atoms with Crippen LogP contribution in [0, 0.1) is 5.92 Å². The van der Waals surface area contributed by atoms with Crippen LogP contribution in [0.25, 0.3) is 0 Å². The Bertz CT molecular complexity index is 411. The zero-order valence-corrected chi connectivity index (χ0v) is 11.2. The van der Waals surface area contributed by atoms with Crippen LogP contribution in [-0.2, 0) is 5.41 Å². The molecule has 1 heterocycles. The normalized spacial score (nSPS) is 30.3. The molecule has 0 aliphatic heterocycles. The van der Waals surface area contributed by atoms with Gasteiger partial charge < -0.3 is 10.3 Å². The number of rotatable bonds is 4. The topological polar surface area (TPSA) is 64.9 Å². The van der Waals surface area contributed by atoms with Gasteiger partial charge in [-0.1, -0.05) is 31.3 Å². The van der Waals surface area contributed by atoms with Crippen molar-refractivity contribution >= 4 is 0 Å². The summed E-state index contributed by atoms with van der Waals surface area (Å²) in [5.41, 5.74) is 5.84. The molecule has 2 atom stereocenters. The van der Waals surface area contributed by atoms with E-state index < -0.39 is 0 Å². The van der Waals surface area contributed by atoms with E-state index in [4.69, 9.17) is 10.3 Å². The number of hydrogen-bond acceptors (Lipinski definition) is 4. The molecule has 0 radical (unpaired) electrons. The third-order valence-electron chi connectivity index (χ3n) is 4.87. The van der Waals surface area contributed by atoms with Crippen LogP contribution in [0.15, 0.2) is 4.52 Å². The smallest absolute Gasteiger partial charge is 0.234 e. The van der Waals surface area contributed by atoms with E-state index in [2.05, 4.69) is 17.1 Å². The number of nitrogens with two attached hydrogens (primary N) is 1. The minimum absolute atomic E-state index is 0.0318. The maximum absolute atomic E-state index is 5.80. The zero-order chi connectivity index (χ0) is 12.6. The van der Waals surface area contributed by atoms with Crippen LogP contribution in [0.4, 0.5) is 0 Å². The van der Waals surface area contributed by atoms with Gasteiger partial charge in [0.1, 0.15) is 0 Å². The Morgan fingerprint density at radius 3 is 2.89 bits per heavy atom. The van der Waals surface area contributed by atoms with Crippen LogP contribution in [0.5, 0.6) is 0 Å². The van der Waals surface area contributed by atoms with Gasteiger partial charge in [-0.05, 0) is 31.6 Å². The van der Waals surface area contributed by atoms with E-state index in [1.807, 2.05) is 0 Å². The molecule has 1 aromatic rings. The third-order valence-corrected chi connectivity index (χ3v) is 4.87. The van der Waals surface area contributed by atoms with Crippen molar-refractivity contribution < 1.29 is 4.52 Å². The fourth-order valence-corrected chi connectivity index (χ4v) is 3.17. The van der Waals surface area contributed by atoms with Gasteiger partial charge in [-0.3, -0.25) is 0 Å². The third kappa shape index (κ3) is 2.07. The summed E-state index contributed by atoms with van der Waals surface area (Å²) in [5, 5.41) is 4.22. The van der Waals surface area contributed by atoms with Crippen molar-refractivity contribution in [3.63, 3.8) is 0 Å². The fourth-order valence-electron chi connectivity index (χ4n) is 3.17. The first-order valence-corrected chi connectivity index (χ1v) is 7.31. The summed E-state index contributed by atoms with van der Waals surface area (Å²) in [4.78, 5) is 4.65. The van der Waals surface area contributed by atoms with Crippen molar-refractivity contribution in [1.82, 2.24) is 10.1 Å². The highest BCUT2D eigenvalue weighted by atomic mass is 16.5. The van der Waals surface area contributed by atoms with E-state index in [0.717, 1.165) is 30.5 Å². The van der Waals surface area contributed by atoms with E-state index in [1.54, 1.807) is 0 Å². The van der Waals surface area contributed by atoms with Crippen LogP contribution in [-0.4, -0.2) is 16.7 Å². The first-order valence-electron chi connectivity index (χ1n) is 7.31. The van der Waals surface area contributed by atoms with E-state index in [9.17, 15) is 0 Å². The maximum atomic E-state index is 5.80. The standard InChI is InChI=1S/C14H23N3O/c1-2-10-4-3-5-11(8-10)12-16-13(18-17-12)14(9-15)6-7-14/h10-11H,2-9,15H2,1H3. The van der Waals surface area contributed by atoms with Crippen LogP contribution in [0.1, 0.15) is 69.5 Å². The van der Waals surface area contributed by atoms with Crippen LogP contribution >= 0.6 is 0 Å². The van der Waals surface area contributed by atoms with Crippen molar-refractivity contribution in [2.24, 2.45) is 11.7 Å². The lowest BCUT2D eigenvalue weighted by Gasteiger charge is -2.26. The van der Waals surface area contributed by atoms with Crippen molar-refractivity contribution in [2.75, 3.05) is 6.54 Å². The Kier molecular flexibility index (Phi) is 3.14.